The average Bonchev–Trinajstić information content (AvgIpc) is 2.30. The third-order valence-electron chi connectivity index (χ3n) is 4.09. The summed E-state index contributed by atoms with van der Waals surface area (Å²) >= 11 is 2.09. The minimum Gasteiger partial charge on any atom is -0.330 e. The molecule has 96 valence electrons. The van der Waals surface area contributed by atoms with Crippen LogP contribution in [0.15, 0.2) is 0 Å². The third-order valence-corrected chi connectivity index (χ3v) is 5.02. The van der Waals surface area contributed by atoms with Gasteiger partial charge in [0.1, 0.15) is 0 Å². The first-order chi connectivity index (χ1) is 7.81. The summed E-state index contributed by atoms with van der Waals surface area (Å²) in [6.45, 7) is 5.49. The van der Waals surface area contributed by atoms with Gasteiger partial charge in [-0.3, -0.25) is 0 Å². The zero-order valence-corrected chi connectivity index (χ0v) is 11.9. The smallest absolute Gasteiger partial charge is 0.00462 e. The van der Waals surface area contributed by atoms with Gasteiger partial charge in [-0.15, -0.1) is 0 Å². The minimum absolute atomic E-state index is 0.825. The van der Waals surface area contributed by atoms with Crippen LogP contribution in [-0.4, -0.2) is 18.1 Å². The molecule has 0 aliphatic heterocycles. The first-order valence-electron chi connectivity index (χ1n) is 7.09. The van der Waals surface area contributed by atoms with Crippen LogP contribution in [0.5, 0.6) is 0 Å². The first-order valence-corrected chi connectivity index (χ1v) is 8.25. The second-order valence-electron chi connectivity index (χ2n) is 5.21. The Morgan fingerprint density at radius 2 is 1.94 bits per heavy atom. The Morgan fingerprint density at radius 3 is 2.56 bits per heavy atom. The second kappa shape index (κ2) is 8.41. The summed E-state index contributed by atoms with van der Waals surface area (Å²) in [6.07, 6.45) is 8.49. The maximum atomic E-state index is 5.91. The van der Waals surface area contributed by atoms with Crippen molar-refractivity contribution in [2.45, 2.75) is 52.4 Å². The maximum absolute atomic E-state index is 5.91. The number of hydrogen-bond acceptors (Lipinski definition) is 2. The van der Waals surface area contributed by atoms with E-state index >= 15 is 0 Å². The summed E-state index contributed by atoms with van der Waals surface area (Å²) in [5, 5.41) is 0. The quantitative estimate of drug-likeness (QED) is 0.686. The molecular formula is C14H29NS. The largest absolute Gasteiger partial charge is 0.330 e. The Hall–Kier alpha value is 0.310. The van der Waals surface area contributed by atoms with Gasteiger partial charge in [-0.1, -0.05) is 33.1 Å². The van der Waals surface area contributed by atoms with Crippen LogP contribution in [0.3, 0.4) is 0 Å². The molecule has 2 heteroatoms. The summed E-state index contributed by atoms with van der Waals surface area (Å²) in [5.41, 5.74) is 5.91. The molecule has 0 amide bonds. The van der Waals surface area contributed by atoms with Gasteiger partial charge in [0.15, 0.2) is 0 Å². The van der Waals surface area contributed by atoms with Crippen molar-refractivity contribution in [3.05, 3.63) is 0 Å². The summed E-state index contributed by atoms with van der Waals surface area (Å²) in [4.78, 5) is 0. The topological polar surface area (TPSA) is 26.0 Å². The number of thioether (sulfide) groups is 1. The van der Waals surface area contributed by atoms with Gasteiger partial charge < -0.3 is 5.73 Å². The van der Waals surface area contributed by atoms with Crippen molar-refractivity contribution in [2.75, 3.05) is 18.1 Å². The Morgan fingerprint density at radius 1 is 1.12 bits per heavy atom. The van der Waals surface area contributed by atoms with Crippen LogP contribution in [0.1, 0.15) is 52.4 Å². The summed E-state index contributed by atoms with van der Waals surface area (Å²) in [7, 11) is 0. The molecule has 2 N–H and O–H groups in total. The number of nitrogens with two attached hydrogens (primary N) is 1. The molecule has 0 heterocycles. The van der Waals surface area contributed by atoms with Gasteiger partial charge in [0.05, 0.1) is 0 Å². The highest BCUT2D eigenvalue weighted by Gasteiger charge is 2.28. The molecule has 3 unspecified atom stereocenters. The average molecular weight is 243 g/mol. The molecule has 0 aromatic heterocycles. The fourth-order valence-electron chi connectivity index (χ4n) is 3.14. The van der Waals surface area contributed by atoms with Crippen molar-refractivity contribution >= 4 is 11.8 Å². The van der Waals surface area contributed by atoms with Crippen LogP contribution in [0.2, 0.25) is 0 Å². The molecule has 1 aliphatic rings. The van der Waals surface area contributed by atoms with Crippen LogP contribution in [-0.2, 0) is 0 Å². The van der Waals surface area contributed by atoms with Crippen molar-refractivity contribution in [1.82, 2.24) is 0 Å². The molecule has 0 aromatic carbocycles. The van der Waals surface area contributed by atoms with E-state index in [1.807, 2.05) is 0 Å². The molecule has 1 fully saturated rings. The van der Waals surface area contributed by atoms with E-state index in [1.165, 1.54) is 50.0 Å². The molecule has 1 nitrogen and oxygen atoms in total. The minimum atomic E-state index is 0.825. The predicted molar refractivity (Wildman–Crippen MR) is 75.9 cm³/mol. The standard InChI is InChI=1S/C14H29NS/c1-3-5-12-6-7-14(11-15)13(10-12)8-9-16-4-2/h12-14H,3-11,15H2,1-2H3. The van der Waals surface area contributed by atoms with Crippen molar-refractivity contribution in [1.29, 1.82) is 0 Å². The molecular weight excluding hydrogens is 214 g/mol. The van der Waals surface area contributed by atoms with E-state index < -0.39 is 0 Å². The van der Waals surface area contributed by atoms with Crippen molar-refractivity contribution in [2.24, 2.45) is 23.5 Å². The molecule has 3 atom stereocenters. The molecule has 16 heavy (non-hydrogen) atoms. The monoisotopic (exact) mass is 243 g/mol. The van der Waals surface area contributed by atoms with Crippen molar-refractivity contribution in [3.8, 4) is 0 Å². The number of hydrogen-bond donors (Lipinski definition) is 1. The molecule has 0 spiro atoms. The van der Waals surface area contributed by atoms with E-state index in [0.29, 0.717) is 0 Å². The van der Waals surface area contributed by atoms with E-state index in [1.54, 1.807) is 0 Å². The van der Waals surface area contributed by atoms with Gasteiger partial charge in [0, 0.05) is 0 Å². The lowest BCUT2D eigenvalue weighted by molar-refractivity contribution is 0.173. The Kier molecular flexibility index (Phi) is 7.55. The summed E-state index contributed by atoms with van der Waals surface area (Å²) < 4.78 is 0. The van der Waals surface area contributed by atoms with Gasteiger partial charge in [-0.05, 0) is 55.1 Å². The van der Waals surface area contributed by atoms with Crippen molar-refractivity contribution in [3.63, 3.8) is 0 Å². The molecule has 1 aliphatic carbocycles. The van der Waals surface area contributed by atoms with Crippen LogP contribution < -0.4 is 5.73 Å². The lowest BCUT2D eigenvalue weighted by atomic mass is 9.72. The van der Waals surface area contributed by atoms with E-state index in [2.05, 4.69) is 25.6 Å². The highest BCUT2D eigenvalue weighted by molar-refractivity contribution is 7.99. The molecule has 0 radical (unpaired) electrons. The lowest BCUT2D eigenvalue weighted by Crippen LogP contribution is -2.30. The van der Waals surface area contributed by atoms with Gasteiger partial charge in [0.25, 0.3) is 0 Å². The number of rotatable bonds is 7. The molecule has 1 rings (SSSR count). The normalized spacial score (nSPS) is 30.6. The zero-order valence-electron chi connectivity index (χ0n) is 11.1. The van der Waals surface area contributed by atoms with E-state index in [0.717, 1.165) is 24.3 Å². The third kappa shape index (κ3) is 4.67. The van der Waals surface area contributed by atoms with Crippen LogP contribution in [0.4, 0.5) is 0 Å². The highest BCUT2D eigenvalue weighted by Crippen LogP contribution is 2.37. The Labute approximate surface area is 106 Å². The summed E-state index contributed by atoms with van der Waals surface area (Å²) in [5.74, 6) is 5.36. The zero-order chi connectivity index (χ0) is 11.8. The molecule has 1 saturated carbocycles. The fraction of sp³-hybridized carbons (Fsp3) is 1.00. The second-order valence-corrected chi connectivity index (χ2v) is 6.60. The summed E-state index contributed by atoms with van der Waals surface area (Å²) in [6, 6.07) is 0. The van der Waals surface area contributed by atoms with Crippen LogP contribution in [0.25, 0.3) is 0 Å². The molecule has 0 saturated heterocycles. The Bertz CT molecular complexity index is 172. The fourth-order valence-corrected chi connectivity index (χ4v) is 3.90. The van der Waals surface area contributed by atoms with Gasteiger partial charge in [-0.2, -0.15) is 11.8 Å². The van der Waals surface area contributed by atoms with E-state index in [-0.39, 0.29) is 0 Å². The van der Waals surface area contributed by atoms with E-state index in [9.17, 15) is 0 Å². The first kappa shape index (κ1) is 14.4. The molecule has 0 aromatic rings. The Balaban J connectivity index is 2.34. The van der Waals surface area contributed by atoms with Gasteiger partial charge in [-0.25, -0.2) is 0 Å². The molecule has 0 bridgehead atoms. The maximum Gasteiger partial charge on any atom is -0.00462 e. The van der Waals surface area contributed by atoms with Crippen LogP contribution >= 0.6 is 11.8 Å². The predicted octanol–water partition coefficient (Wildman–Crippen LogP) is 3.92. The highest BCUT2D eigenvalue weighted by atomic mass is 32.2. The van der Waals surface area contributed by atoms with E-state index in [4.69, 9.17) is 5.73 Å². The van der Waals surface area contributed by atoms with Gasteiger partial charge >= 0.3 is 0 Å². The lowest BCUT2D eigenvalue weighted by Gasteiger charge is -2.35. The van der Waals surface area contributed by atoms with Crippen LogP contribution in [0, 0.1) is 17.8 Å². The van der Waals surface area contributed by atoms with Gasteiger partial charge in [0.2, 0.25) is 0 Å². The SMILES string of the molecule is CCCC1CCC(CN)C(CCSCC)C1. The van der Waals surface area contributed by atoms with Crippen molar-refractivity contribution < 1.29 is 0 Å².